The van der Waals surface area contributed by atoms with Crippen LogP contribution < -0.4 is 5.73 Å². The van der Waals surface area contributed by atoms with E-state index in [-0.39, 0.29) is 0 Å². The van der Waals surface area contributed by atoms with Crippen LogP contribution in [-0.2, 0) is 0 Å². The van der Waals surface area contributed by atoms with E-state index >= 15 is 0 Å². The quantitative estimate of drug-likeness (QED) is 0.691. The monoisotopic (exact) mass is 185 g/mol. The Kier molecular flexibility index (Phi) is 2.53. The van der Waals surface area contributed by atoms with Gasteiger partial charge in [-0.05, 0) is 12.1 Å². The Morgan fingerprint density at radius 2 is 2.14 bits per heavy atom. The summed E-state index contributed by atoms with van der Waals surface area (Å²) in [7, 11) is 0. The van der Waals surface area contributed by atoms with Gasteiger partial charge in [0.25, 0.3) is 0 Å². The number of nitrogens with two attached hydrogens (primary N) is 1. The largest absolute Gasteiger partial charge is 0.463 e. The fraction of sp³-hybridized carbons (Fsp3) is 0.167. The molecule has 1 aromatic heterocycles. The minimum atomic E-state index is 0.600. The van der Waals surface area contributed by atoms with E-state index in [1.54, 1.807) is 6.26 Å². The van der Waals surface area contributed by atoms with Crippen LogP contribution in [0.15, 0.2) is 34.9 Å². The lowest BCUT2D eigenvalue weighted by atomic mass is 10.2. The summed E-state index contributed by atoms with van der Waals surface area (Å²) in [5.41, 5.74) is 7.17. The van der Waals surface area contributed by atoms with Gasteiger partial charge in [-0.15, -0.1) is 0 Å². The van der Waals surface area contributed by atoms with Crippen LogP contribution in [0, 0.1) is 11.8 Å². The summed E-state index contributed by atoms with van der Waals surface area (Å²) in [6.07, 6.45) is 2.41. The van der Waals surface area contributed by atoms with E-state index < -0.39 is 0 Å². The van der Waals surface area contributed by atoms with E-state index in [0.717, 1.165) is 23.0 Å². The van der Waals surface area contributed by atoms with E-state index in [1.807, 2.05) is 24.3 Å². The Balaban J connectivity index is 2.40. The second kappa shape index (κ2) is 3.99. The van der Waals surface area contributed by atoms with E-state index in [0.29, 0.717) is 6.54 Å². The fourth-order valence-corrected chi connectivity index (χ4v) is 1.30. The molecular weight excluding hydrogens is 174 g/mol. The topological polar surface area (TPSA) is 39.2 Å². The van der Waals surface area contributed by atoms with E-state index in [9.17, 15) is 0 Å². The standard InChI is InChI=1S/C12H11NO/c13-8-4-3-5-10-9-14-12-7-2-1-6-11(10)12/h1-2,6-7,9H,4,8,13H2. The van der Waals surface area contributed by atoms with Crippen molar-refractivity contribution in [2.24, 2.45) is 5.73 Å². The maximum Gasteiger partial charge on any atom is 0.135 e. The maximum absolute atomic E-state index is 5.35. The summed E-state index contributed by atoms with van der Waals surface area (Å²) >= 11 is 0. The van der Waals surface area contributed by atoms with Crippen LogP contribution in [-0.4, -0.2) is 6.54 Å². The predicted octanol–water partition coefficient (Wildman–Crippen LogP) is 2.13. The van der Waals surface area contributed by atoms with E-state index in [1.165, 1.54) is 0 Å². The van der Waals surface area contributed by atoms with Crippen molar-refractivity contribution in [3.8, 4) is 11.8 Å². The lowest BCUT2D eigenvalue weighted by Crippen LogP contribution is -1.95. The number of rotatable bonds is 1. The Hall–Kier alpha value is -1.72. The highest BCUT2D eigenvalue weighted by Crippen LogP contribution is 2.19. The zero-order valence-corrected chi connectivity index (χ0v) is 7.79. The van der Waals surface area contributed by atoms with Crippen molar-refractivity contribution in [2.75, 3.05) is 6.54 Å². The highest BCUT2D eigenvalue weighted by molar-refractivity contribution is 5.83. The van der Waals surface area contributed by atoms with Gasteiger partial charge in [0.15, 0.2) is 0 Å². The molecule has 0 saturated heterocycles. The van der Waals surface area contributed by atoms with Crippen LogP contribution >= 0.6 is 0 Å². The Labute approximate surface area is 82.7 Å². The summed E-state index contributed by atoms with van der Waals surface area (Å²) in [4.78, 5) is 0. The highest BCUT2D eigenvalue weighted by atomic mass is 16.3. The lowest BCUT2D eigenvalue weighted by Gasteiger charge is -1.85. The van der Waals surface area contributed by atoms with Crippen molar-refractivity contribution in [3.05, 3.63) is 36.1 Å². The molecule has 0 atom stereocenters. The summed E-state index contributed by atoms with van der Waals surface area (Å²) in [5, 5.41) is 1.07. The molecule has 70 valence electrons. The molecule has 2 nitrogen and oxygen atoms in total. The summed E-state index contributed by atoms with van der Waals surface area (Å²) < 4.78 is 5.35. The van der Waals surface area contributed by atoms with Crippen LogP contribution in [0.1, 0.15) is 12.0 Å². The van der Waals surface area contributed by atoms with Gasteiger partial charge in [0.05, 0.1) is 5.56 Å². The predicted molar refractivity (Wildman–Crippen MR) is 56.8 cm³/mol. The number of hydrogen-bond donors (Lipinski definition) is 1. The zero-order valence-electron chi connectivity index (χ0n) is 7.79. The second-order valence-corrected chi connectivity index (χ2v) is 2.99. The van der Waals surface area contributed by atoms with Crippen molar-refractivity contribution >= 4 is 11.0 Å². The average Bonchev–Trinajstić information content (AvgIpc) is 2.63. The molecule has 2 N–H and O–H groups in total. The number of para-hydroxylation sites is 1. The molecule has 1 heterocycles. The van der Waals surface area contributed by atoms with Crippen molar-refractivity contribution < 1.29 is 4.42 Å². The third-order valence-corrected chi connectivity index (χ3v) is 1.97. The molecule has 0 aliphatic rings. The van der Waals surface area contributed by atoms with Gasteiger partial charge >= 0.3 is 0 Å². The third kappa shape index (κ3) is 1.63. The van der Waals surface area contributed by atoms with Gasteiger partial charge in [0.2, 0.25) is 0 Å². The van der Waals surface area contributed by atoms with E-state index in [2.05, 4.69) is 11.8 Å². The first-order chi connectivity index (χ1) is 6.92. The summed E-state index contributed by atoms with van der Waals surface area (Å²) in [6, 6.07) is 7.86. The summed E-state index contributed by atoms with van der Waals surface area (Å²) in [5.74, 6) is 6.04. The molecular formula is C12H11NO. The van der Waals surface area contributed by atoms with Crippen LogP contribution in [0.2, 0.25) is 0 Å². The van der Waals surface area contributed by atoms with Crippen LogP contribution in [0.4, 0.5) is 0 Å². The molecule has 0 amide bonds. The van der Waals surface area contributed by atoms with Crippen LogP contribution in [0.25, 0.3) is 11.0 Å². The van der Waals surface area contributed by atoms with Gasteiger partial charge in [-0.1, -0.05) is 24.0 Å². The molecule has 2 rings (SSSR count). The normalized spacial score (nSPS) is 9.79. The first-order valence-corrected chi connectivity index (χ1v) is 4.57. The number of furan rings is 1. The molecule has 0 saturated carbocycles. The molecule has 0 fully saturated rings. The van der Waals surface area contributed by atoms with Crippen molar-refractivity contribution in [1.82, 2.24) is 0 Å². The Morgan fingerprint density at radius 1 is 1.29 bits per heavy atom. The first kappa shape index (κ1) is 8.86. The fourth-order valence-electron chi connectivity index (χ4n) is 1.30. The lowest BCUT2D eigenvalue weighted by molar-refractivity contribution is 0.615. The van der Waals surface area contributed by atoms with Crippen LogP contribution in [0.5, 0.6) is 0 Å². The van der Waals surface area contributed by atoms with Gasteiger partial charge in [-0.3, -0.25) is 0 Å². The van der Waals surface area contributed by atoms with Gasteiger partial charge in [0, 0.05) is 18.4 Å². The number of hydrogen-bond acceptors (Lipinski definition) is 2. The molecule has 2 heteroatoms. The van der Waals surface area contributed by atoms with E-state index in [4.69, 9.17) is 10.2 Å². The molecule has 0 bridgehead atoms. The van der Waals surface area contributed by atoms with Crippen molar-refractivity contribution in [2.45, 2.75) is 6.42 Å². The summed E-state index contributed by atoms with van der Waals surface area (Å²) in [6.45, 7) is 0.600. The number of benzene rings is 1. The highest BCUT2D eigenvalue weighted by Gasteiger charge is 2.00. The van der Waals surface area contributed by atoms with Gasteiger partial charge < -0.3 is 10.2 Å². The molecule has 2 aromatic rings. The molecule has 0 spiro atoms. The SMILES string of the molecule is NCCC#Cc1coc2ccccc12. The minimum Gasteiger partial charge on any atom is -0.463 e. The minimum absolute atomic E-state index is 0.600. The maximum atomic E-state index is 5.35. The molecule has 14 heavy (non-hydrogen) atoms. The second-order valence-electron chi connectivity index (χ2n) is 2.99. The molecule has 1 aromatic carbocycles. The smallest absolute Gasteiger partial charge is 0.135 e. The first-order valence-electron chi connectivity index (χ1n) is 4.57. The van der Waals surface area contributed by atoms with Gasteiger partial charge in [0.1, 0.15) is 11.8 Å². The Bertz CT molecular complexity index is 487. The number of fused-ring (bicyclic) bond motifs is 1. The average molecular weight is 185 g/mol. The van der Waals surface area contributed by atoms with Gasteiger partial charge in [-0.25, -0.2) is 0 Å². The van der Waals surface area contributed by atoms with Crippen LogP contribution in [0.3, 0.4) is 0 Å². The molecule has 0 aliphatic heterocycles. The Morgan fingerprint density at radius 3 is 3.00 bits per heavy atom. The van der Waals surface area contributed by atoms with Crippen molar-refractivity contribution in [3.63, 3.8) is 0 Å². The van der Waals surface area contributed by atoms with Crippen molar-refractivity contribution in [1.29, 1.82) is 0 Å². The third-order valence-electron chi connectivity index (χ3n) is 1.97. The molecule has 0 unspecified atom stereocenters. The van der Waals surface area contributed by atoms with Gasteiger partial charge in [-0.2, -0.15) is 0 Å². The zero-order chi connectivity index (χ0) is 9.80. The molecule has 0 radical (unpaired) electrons. The molecule has 0 aliphatic carbocycles.